The van der Waals surface area contributed by atoms with Gasteiger partial charge in [0.25, 0.3) is 5.56 Å². The number of esters is 1. The molecular formula is C22H22N4O6. The standard InChI is InChI=1S/C22H22N4O6/c1-13(27)23-16-10-15(11-17(12-16)24-14(2)28)21(30)32-9-5-8-26-20(29)18-6-3-4-7-19(18)25-22(26)31/h3-4,6-7,10-12H,5,8-9H2,1-2H3,(H,23,27)(H,24,28)(H,25,31). The van der Waals surface area contributed by atoms with Gasteiger partial charge in [-0.3, -0.25) is 19.0 Å². The van der Waals surface area contributed by atoms with E-state index in [1.54, 1.807) is 24.3 Å². The van der Waals surface area contributed by atoms with Crippen LogP contribution in [0.25, 0.3) is 10.9 Å². The van der Waals surface area contributed by atoms with Crippen LogP contribution in [0.15, 0.2) is 52.1 Å². The topological polar surface area (TPSA) is 139 Å². The summed E-state index contributed by atoms with van der Waals surface area (Å²) in [4.78, 5) is 62.5. The number of aromatic amines is 1. The average Bonchev–Trinajstić information content (AvgIpc) is 2.71. The highest BCUT2D eigenvalue weighted by molar-refractivity contribution is 5.97. The lowest BCUT2D eigenvalue weighted by atomic mass is 10.1. The highest BCUT2D eigenvalue weighted by atomic mass is 16.5. The SMILES string of the molecule is CC(=O)Nc1cc(NC(C)=O)cc(C(=O)OCCCn2c(=O)[nH]c3ccccc3c2=O)c1. The number of amides is 2. The molecule has 0 aliphatic heterocycles. The average molecular weight is 438 g/mol. The number of fused-ring (bicyclic) bond motifs is 1. The third-order valence-electron chi connectivity index (χ3n) is 4.46. The van der Waals surface area contributed by atoms with Gasteiger partial charge in [0.15, 0.2) is 0 Å². The molecule has 0 aliphatic rings. The van der Waals surface area contributed by atoms with E-state index in [2.05, 4.69) is 15.6 Å². The predicted octanol–water partition coefficient (Wildman–Crippen LogP) is 1.85. The van der Waals surface area contributed by atoms with Crippen LogP contribution >= 0.6 is 0 Å². The van der Waals surface area contributed by atoms with Gasteiger partial charge in [-0.1, -0.05) is 12.1 Å². The third kappa shape index (κ3) is 5.48. The molecule has 2 aromatic carbocycles. The largest absolute Gasteiger partial charge is 0.462 e. The number of benzene rings is 2. The van der Waals surface area contributed by atoms with Gasteiger partial charge < -0.3 is 20.4 Å². The van der Waals surface area contributed by atoms with Crippen molar-refractivity contribution in [1.82, 2.24) is 9.55 Å². The first-order valence-electron chi connectivity index (χ1n) is 9.84. The predicted molar refractivity (Wildman–Crippen MR) is 119 cm³/mol. The number of carbonyl (C=O) groups excluding carboxylic acids is 3. The molecule has 0 saturated carbocycles. The van der Waals surface area contributed by atoms with Crippen LogP contribution in [0, 0.1) is 0 Å². The molecule has 1 heterocycles. The molecule has 10 nitrogen and oxygen atoms in total. The maximum Gasteiger partial charge on any atom is 0.338 e. The molecule has 2 amide bonds. The van der Waals surface area contributed by atoms with Crippen LogP contribution in [-0.2, 0) is 20.9 Å². The number of aromatic nitrogens is 2. The molecule has 10 heteroatoms. The zero-order chi connectivity index (χ0) is 23.3. The van der Waals surface area contributed by atoms with Crippen molar-refractivity contribution >= 4 is 40.1 Å². The monoisotopic (exact) mass is 438 g/mol. The number of nitrogens with one attached hydrogen (secondary N) is 3. The van der Waals surface area contributed by atoms with Crippen molar-refractivity contribution in [2.45, 2.75) is 26.8 Å². The van der Waals surface area contributed by atoms with E-state index in [-0.39, 0.29) is 37.0 Å². The fraction of sp³-hybridized carbons (Fsp3) is 0.227. The Morgan fingerprint density at radius 3 is 2.22 bits per heavy atom. The Labute approximate surface area is 182 Å². The van der Waals surface area contributed by atoms with Gasteiger partial charge in [-0.15, -0.1) is 0 Å². The minimum Gasteiger partial charge on any atom is -0.462 e. The van der Waals surface area contributed by atoms with Gasteiger partial charge in [0.1, 0.15) is 0 Å². The van der Waals surface area contributed by atoms with E-state index >= 15 is 0 Å². The number of hydrogen-bond acceptors (Lipinski definition) is 6. The van der Waals surface area contributed by atoms with Crippen molar-refractivity contribution < 1.29 is 19.1 Å². The summed E-state index contributed by atoms with van der Waals surface area (Å²) >= 11 is 0. The van der Waals surface area contributed by atoms with E-state index in [1.165, 1.54) is 32.0 Å². The van der Waals surface area contributed by atoms with Crippen LogP contribution in [0.5, 0.6) is 0 Å². The number of nitrogens with zero attached hydrogens (tertiary/aromatic N) is 1. The molecule has 0 radical (unpaired) electrons. The summed E-state index contributed by atoms with van der Waals surface area (Å²) in [6.45, 7) is 2.66. The summed E-state index contributed by atoms with van der Waals surface area (Å²) in [5.41, 5.74) is 0.274. The van der Waals surface area contributed by atoms with Gasteiger partial charge >= 0.3 is 11.7 Å². The molecule has 0 bridgehead atoms. The van der Waals surface area contributed by atoms with Gasteiger partial charge in [0, 0.05) is 31.8 Å². The number of rotatable bonds is 7. The molecule has 0 spiro atoms. The molecule has 1 aromatic heterocycles. The van der Waals surface area contributed by atoms with E-state index in [4.69, 9.17) is 4.74 Å². The van der Waals surface area contributed by atoms with E-state index in [0.717, 1.165) is 4.57 Å². The summed E-state index contributed by atoms with van der Waals surface area (Å²) in [5.74, 6) is -1.35. The second kappa shape index (κ2) is 9.73. The molecule has 3 rings (SSSR count). The summed E-state index contributed by atoms with van der Waals surface area (Å²) in [7, 11) is 0. The Kier molecular flexibility index (Phi) is 6.83. The van der Waals surface area contributed by atoms with Crippen LogP contribution in [0.3, 0.4) is 0 Å². The molecule has 0 fully saturated rings. The third-order valence-corrected chi connectivity index (χ3v) is 4.46. The molecule has 0 aliphatic carbocycles. The van der Waals surface area contributed by atoms with Crippen LogP contribution in [0.2, 0.25) is 0 Å². The van der Waals surface area contributed by atoms with Gasteiger partial charge in [0.05, 0.1) is 23.1 Å². The molecule has 3 aromatic rings. The zero-order valence-electron chi connectivity index (χ0n) is 17.6. The molecule has 3 N–H and O–H groups in total. The Morgan fingerprint density at radius 1 is 0.969 bits per heavy atom. The fourth-order valence-electron chi connectivity index (χ4n) is 3.17. The van der Waals surface area contributed by atoms with Crippen molar-refractivity contribution in [2.24, 2.45) is 0 Å². The van der Waals surface area contributed by atoms with Gasteiger partial charge in [-0.25, -0.2) is 9.59 Å². The minimum absolute atomic E-state index is 0.0443. The molecule has 0 unspecified atom stereocenters. The van der Waals surface area contributed by atoms with Crippen LogP contribution < -0.4 is 21.9 Å². The van der Waals surface area contributed by atoms with Crippen LogP contribution in [-0.4, -0.2) is 33.9 Å². The normalized spacial score (nSPS) is 10.6. The maximum atomic E-state index is 12.5. The first kappa shape index (κ1) is 22.5. The summed E-state index contributed by atoms with van der Waals surface area (Å²) in [5, 5.41) is 5.50. The molecular weight excluding hydrogens is 416 g/mol. The highest BCUT2D eigenvalue weighted by Crippen LogP contribution is 2.20. The number of anilines is 2. The van der Waals surface area contributed by atoms with Crippen molar-refractivity contribution in [3.8, 4) is 0 Å². The van der Waals surface area contributed by atoms with Gasteiger partial charge in [-0.05, 0) is 36.8 Å². The van der Waals surface area contributed by atoms with Gasteiger partial charge in [-0.2, -0.15) is 0 Å². The lowest BCUT2D eigenvalue weighted by Crippen LogP contribution is -2.35. The summed E-state index contributed by atoms with van der Waals surface area (Å²) in [6, 6.07) is 11.1. The van der Waals surface area contributed by atoms with Crippen LogP contribution in [0.1, 0.15) is 30.6 Å². The van der Waals surface area contributed by atoms with E-state index in [0.29, 0.717) is 22.3 Å². The first-order valence-corrected chi connectivity index (χ1v) is 9.84. The Hall–Kier alpha value is -4.21. The Balaban J connectivity index is 1.68. The molecule has 166 valence electrons. The second-order valence-corrected chi connectivity index (χ2v) is 7.08. The van der Waals surface area contributed by atoms with Gasteiger partial charge in [0.2, 0.25) is 11.8 Å². The lowest BCUT2D eigenvalue weighted by Gasteiger charge is -2.11. The molecule has 32 heavy (non-hydrogen) atoms. The van der Waals surface area contributed by atoms with E-state index < -0.39 is 17.2 Å². The number of H-pyrrole nitrogens is 1. The zero-order valence-corrected chi connectivity index (χ0v) is 17.6. The van der Waals surface area contributed by atoms with E-state index in [9.17, 15) is 24.0 Å². The summed E-state index contributed by atoms with van der Waals surface area (Å²) < 4.78 is 6.30. The van der Waals surface area contributed by atoms with Crippen molar-refractivity contribution in [3.63, 3.8) is 0 Å². The number of carbonyl (C=O) groups is 3. The molecule has 0 atom stereocenters. The Bertz CT molecular complexity index is 1270. The van der Waals surface area contributed by atoms with E-state index in [1.807, 2.05) is 0 Å². The quantitative estimate of drug-likeness (QED) is 0.380. The number of hydrogen-bond donors (Lipinski definition) is 3. The molecule has 0 saturated heterocycles. The first-order chi connectivity index (χ1) is 15.2. The fourth-order valence-corrected chi connectivity index (χ4v) is 3.17. The Morgan fingerprint density at radius 2 is 1.59 bits per heavy atom. The van der Waals surface area contributed by atoms with Crippen LogP contribution in [0.4, 0.5) is 11.4 Å². The lowest BCUT2D eigenvalue weighted by molar-refractivity contribution is -0.115. The second-order valence-electron chi connectivity index (χ2n) is 7.08. The number of para-hydroxylation sites is 1. The highest BCUT2D eigenvalue weighted by Gasteiger charge is 2.13. The van der Waals surface area contributed by atoms with Crippen molar-refractivity contribution in [2.75, 3.05) is 17.2 Å². The minimum atomic E-state index is -0.677. The van der Waals surface area contributed by atoms with Crippen molar-refractivity contribution in [3.05, 3.63) is 68.9 Å². The smallest absolute Gasteiger partial charge is 0.338 e. The maximum absolute atomic E-state index is 12.5. The van der Waals surface area contributed by atoms with Crippen molar-refractivity contribution in [1.29, 1.82) is 0 Å². The summed E-state index contributed by atoms with van der Waals surface area (Å²) in [6.07, 6.45) is 0.233. The number of ether oxygens (including phenoxy) is 1.